The molecule has 1 atom stereocenters. The van der Waals surface area contributed by atoms with Gasteiger partial charge in [-0.3, -0.25) is 4.79 Å². The number of rotatable bonds is 13. The van der Waals surface area contributed by atoms with E-state index in [1.54, 1.807) is 13.8 Å². The van der Waals surface area contributed by atoms with Crippen molar-refractivity contribution in [1.29, 1.82) is 0 Å². The van der Waals surface area contributed by atoms with E-state index in [2.05, 4.69) is 13.8 Å². The van der Waals surface area contributed by atoms with Gasteiger partial charge in [0, 0.05) is 12.8 Å². The lowest BCUT2D eigenvalue weighted by atomic mass is 9.91. The zero-order valence-electron chi connectivity index (χ0n) is 16.7. The molecule has 0 aromatic heterocycles. The summed E-state index contributed by atoms with van der Waals surface area (Å²) in [6.45, 7) is 7.63. The molecule has 0 N–H and O–H groups in total. The second kappa shape index (κ2) is 11.4. The fourth-order valence-corrected chi connectivity index (χ4v) is 3.40. The highest BCUT2D eigenvalue weighted by Gasteiger charge is 2.18. The van der Waals surface area contributed by atoms with Gasteiger partial charge in [0.1, 0.15) is 11.5 Å². The fraction of sp³-hybridized carbons (Fsp3) is 0.696. The molecule has 0 aliphatic carbocycles. The van der Waals surface area contributed by atoms with Gasteiger partial charge in [-0.2, -0.15) is 0 Å². The van der Waals surface area contributed by atoms with Gasteiger partial charge in [0.15, 0.2) is 0 Å². The van der Waals surface area contributed by atoms with Crippen LogP contribution in [0.5, 0.6) is 0 Å². The Morgan fingerprint density at radius 2 is 1.60 bits per heavy atom. The molecule has 1 rings (SSSR count). The number of carbonyl (C=O) groups excluding carboxylic acids is 1. The van der Waals surface area contributed by atoms with Crippen molar-refractivity contribution in [3.8, 4) is 0 Å². The van der Waals surface area contributed by atoms with Gasteiger partial charge in [0.05, 0.1) is 0 Å². The molecule has 0 amide bonds. The Hall–Kier alpha value is -1.18. The summed E-state index contributed by atoms with van der Waals surface area (Å²) in [6.07, 6.45) is 10.7. The maximum Gasteiger partial charge on any atom is 0.133 e. The van der Waals surface area contributed by atoms with E-state index in [1.807, 2.05) is 24.3 Å². The number of unbranched alkanes of at least 4 members (excludes halogenated alkanes) is 1. The van der Waals surface area contributed by atoms with Gasteiger partial charge in [0.25, 0.3) is 0 Å². The first kappa shape index (κ1) is 21.9. The van der Waals surface area contributed by atoms with E-state index in [4.69, 9.17) is 0 Å². The minimum absolute atomic E-state index is 0.362. The van der Waals surface area contributed by atoms with Crippen LogP contribution in [0.25, 0.3) is 0 Å². The molecule has 2 heteroatoms. The van der Waals surface area contributed by atoms with Gasteiger partial charge >= 0.3 is 0 Å². The SMILES string of the molecule is CCCCC(CCC)CCCC(=O)CCc1ccc(C(C)(C)F)cc1. The molecule has 0 fully saturated rings. The van der Waals surface area contributed by atoms with Crippen LogP contribution in [0.2, 0.25) is 0 Å². The van der Waals surface area contributed by atoms with Gasteiger partial charge in [-0.25, -0.2) is 4.39 Å². The Kier molecular flexibility index (Phi) is 10.0. The molecule has 1 aromatic carbocycles. The number of hydrogen-bond donors (Lipinski definition) is 0. The van der Waals surface area contributed by atoms with Crippen molar-refractivity contribution in [2.24, 2.45) is 5.92 Å². The first-order chi connectivity index (χ1) is 11.9. The average molecular weight is 349 g/mol. The molecule has 0 aliphatic heterocycles. The van der Waals surface area contributed by atoms with Crippen LogP contribution in [0.4, 0.5) is 4.39 Å². The summed E-state index contributed by atoms with van der Waals surface area (Å²) >= 11 is 0. The zero-order chi connectivity index (χ0) is 18.7. The van der Waals surface area contributed by atoms with Crippen LogP contribution in [-0.4, -0.2) is 5.78 Å². The summed E-state index contributed by atoms with van der Waals surface area (Å²) in [4.78, 5) is 12.1. The maximum absolute atomic E-state index is 13.8. The van der Waals surface area contributed by atoms with Gasteiger partial charge in [-0.05, 0) is 43.7 Å². The minimum Gasteiger partial charge on any atom is -0.300 e. The predicted molar refractivity (Wildman–Crippen MR) is 106 cm³/mol. The van der Waals surface area contributed by atoms with E-state index >= 15 is 0 Å². The Balaban J connectivity index is 2.30. The largest absolute Gasteiger partial charge is 0.300 e. The third-order valence-electron chi connectivity index (χ3n) is 5.06. The van der Waals surface area contributed by atoms with E-state index < -0.39 is 5.67 Å². The van der Waals surface area contributed by atoms with Crippen molar-refractivity contribution in [2.75, 3.05) is 0 Å². The van der Waals surface area contributed by atoms with E-state index in [-0.39, 0.29) is 0 Å². The summed E-state index contributed by atoms with van der Waals surface area (Å²) in [7, 11) is 0. The molecule has 25 heavy (non-hydrogen) atoms. The number of ketones is 1. The third-order valence-corrected chi connectivity index (χ3v) is 5.06. The van der Waals surface area contributed by atoms with Crippen molar-refractivity contribution in [2.45, 2.75) is 97.6 Å². The van der Waals surface area contributed by atoms with E-state index in [0.29, 0.717) is 24.2 Å². The quantitative estimate of drug-likeness (QED) is 0.369. The molecule has 0 saturated carbocycles. The molecule has 1 aromatic rings. The first-order valence-electron chi connectivity index (χ1n) is 10.2. The Labute approximate surface area is 154 Å². The number of benzene rings is 1. The van der Waals surface area contributed by atoms with Gasteiger partial charge < -0.3 is 0 Å². The standard InChI is InChI=1S/C23H37FO/c1-5-7-10-19(9-6-2)11-8-12-22(25)18-15-20-13-16-21(17-14-20)23(3,4)24/h13-14,16-17,19H,5-12,15,18H2,1-4H3. The van der Waals surface area contributed by atoms with E-state index in [0.717, 1.165) is 24.3 Å². The van der Waals surface area contributed by atoms with Gasteiger partial charge in [-0.1, -0.05) is 76.6 Å². The van der Waals surface area contributed by atoms with Crippen molar-refractivity contribution in [3.63, 3.8) is 0 Å². The minimum atomic E-state index is -1.30. The van der Waals surface area contributed by atoms with Crippen LogP contribution in [0, 0.1) is 5.92 Å². The van der Waals surface area contributed by atoms with E-state index in [9.17, 15) is 9.18 Å². The Morgan fingerprint density at radius 1 is 0.960 bits per heavy atom. The van der Waals surface area contributed by atoms with Crippen LogP contribution in [0.15, 0.2) is 24.3 Å². The molecule has 0 radical (unpaired) electrons. The number of aryl methyl sites for hydroxylation is 1. The number of alkyl halides is 1. The topological polar surface area (TPSA) is 17.1 Å². The number of halogens is 1. The highest BCUT2D eigenvalue weighted by molar-refractivity contribution is 5.78. The Bertz CT molecular complexity index is 484. The number of hydrogen-bond acceptors (Lipinski definition) is 1. The predicted octanol–water partition coefficient (Wildman–Crippen LogP) is 7.17. The summed E-state index contributed by atoms with van der Waals surface area (Å²) in [5, 5.41) is 0. The molecule has 0 saturated heterocycles. The second-order valence-electron chi connectivity index (χ2n) is 7.90. The van der Waals surface area contributed by atoms with Crippen LogP contribution in [-0.2, 0) is 16.9 Å². The fourth-order valence-electron chi connectivity index (χ4n) is 3.40. The van der Waals surface area contributed by atoms with Crippen LogP contribution < -0.4 is 0 Å². The first-order valence-corrected chi connectivity index (χ1v) is 10.2. The second-order valence-corrected chi connectivity index (χ2v) is 7.90. The Morgan fingerprint density at radius 3 is 2.16 bits per heavy atom. The molecular formula is C23H37FO. The van der Waals surface area contributed by atoms with Crippen molar-refractivity contribution >= 4 is 5.78 Å². The molecule has 1 unspecified atom stereocenters. The maximum atomic E-state index is 13.8. The average Bonchev–Trinajstić information content (AvgIpc) is 2.57. The molecular weight excluding hydrogens is 311 g/mol. The van der Waals surface area contributed by atoms with Crippen LogP contribution in [0.1, 0.15) is 96.6 Å². The lowest BCUT2D eigenvalue weighted by Crippen LogP contribution is -2.09. The molecule has 0 aliphatic rings. The van der Waals surface area contributed by atoms with Crippen LogP contribution >= 0.6 is 0 Å². The molecule has 142 valence electrons. The van der Waals surface area contributed by atoms with Crippen molar-refractivity contribution in [1.82, 2.24) is 0 Å². The number of Topliss-reactive ketones (excluding diaryl/α,β-unsaturated/α-hetero) is 1. The zero-order valence-corrected chi connectivity index (χ0v) is 16.7. The van der Waals surface area contributed by atoms with Gasteiger partial charge in [0.2, 0.25) is 0 Å². The molecule has 0 spiro atoms. The normalized spacial score (nSPS) is 13.0. The number of carbonyl (C=O) groups is 1. The van der Waals surface area contributed by atoms with Gasteiger partial charge in [-0.15, -0.1) is 0 Å². The third kappa shape index (κ3) is 9.18. The smallest absolute Gasteiger partial charge is 0.133 e. The molecule has 0 bridgehead atoms. The van der Waals surface area contributed by atoms with E-state index in [1.165, 1.54) is 38.5 Å². The monoisotopic (exact) mass is 348 g/mol. The highest BCUT2D eigenvalue weighted by Crippen LogP contribution is 2.25. The lowest BCUT2D eigenvalue weighted by Gasteiger charge is -2.15. The van der Waals surface area contributed by atoms with Crippen molar-refractivity contribution < 1.29 is 9.18 Å². The van der Waals surface area contributed by atoms with Crippen molar-refractivity contribution in [3.05, 3.63) is 35.4 Å². The van der Waals surface area contributed by atoms with Crippen LogP contribution in [0.3, 0.4) is 0 Å². The lowest BCUT2D eigenvalue weighted by molar-refractivity contribution is -0.119. The molecule has 0 heterocycles. The summed E-state index contributed by atoms with van der Waals surface area (Å²) < 4.78 is 13.8. The summed E-state index contributed by atoms with van der Waals surface area (Å²) in [6, 6.07) is 7.57. The molecule has 1 nitrogen and oxygen atoms in total. The summed E-state index contributed by atoms with van der Waals surface area (Å²) in [5.41, 5.74) is 0.506. The highest BCUT2D eigenvalue weighted by atomic mass is 19.1. The summed E-state index contributed by atoms with van der Waals surface area (Å²) in [5.74, 6) is 1.16.